The highest BCUT2D eigenvalue weighted by molar-refractivity contribution is 6.11. The number of nitro benzene ring substituents is 1. The van der Waals surface area contributed by atoms with E-state index in [1.54, 1.807) is 19.2 Å². The molecule has 12 heteroatoms. The third-order valence-corrected chi connectivity index (χ3v) is 6.43. The summed E-state index contributed by atoms with van der Waals surface area (Å²) in [5, 5.41) is 11.2. The largest absolute Gasteiger partial charge is 0.493 e. The van der Waals surface area contributed by atoms with Crippen molar-refractivity contribution >= 4 is 17.3 Å². The van der Waals surface area contributed by atoms with Crippen molar-refractivity contribution < 1.29 is 14.5 Å². The quantitative estimate of drug-likeness (QED) is 0.181. The van der Waals surface area contributed by atoms with Crippen LogP contribution in [-0.2, 0) is 14.1 Å². The van der Waals surface area contributed by atoms with Crippen molar-refractivity contribution in [3.8, 4) is 5.75 Å². The van der Waals surface area contributed by atoms with Gasteiger partial charge in [0, 0.05) is 83.0 Å². The highest BCUT2D eigenvalue weighted by Gasteiger charge is 2.21. The summed E-state index contributed by atoms with van der Waals surface area (Å²) in [4.78, 5) is 56.1. The number of rotatable bonds is 9. The monoisotopic (exact) mass is 508 g/mol. The highest BCUT2D eigenvalue weighted by atomic mass is 16.6. The number of aromatic nitrogens is 3. The Morgan fingerprint density at radius 3 is 2.41 bits per heavy atom. The standard InChI is InChI=1S/C25H28N6O6/c1-27-22(17-23(32)28(2)25(27)34)30-13-11-29(12-14-30)10-3-15-37-21-5-4-19(31(35)36)16-20(21)24(33)18-6-8-26-9-7-18/h4-9,16-17H,3,10-15H2,1-2H3. The molecular weight excluding hydrogens is 480 g/mol. The van der Waals surface area contributed by atoms with Gasteiger partial charge in [-0.3, -0.25) is 38.7 Å². The van der Waals surface area contributed by atoms with Gasteiger partial charge in [-0.1, -0.05) is 0 Å². The molecule has 1 aliphatic rings. The van der Waals surface area contributed by atoms with E-state index in [4.69, 9.17) is 4.74 Å². The number of ketones is 1. The van der Waals surface area contributed by atoms with Crippen LogP contribution in [0.2, 0.25) is 0 Å². The molecule has 37 heavy (non-hydrogen) atoms. The SMILES string of the molecule is Cn1c(N2CCN(CCCOc3ccc([N+](=O)[O-])cc3C(=O)c3ccncc3)CC2)cc(=O)n(C)c1=O. The summed E-state index contributed by atoms with van der Waals surface area (Å²) in [5.74, 6) is 0.534. The van der Waals surface area contributed by atoms with Crippen molar-refractivity contribution in [2.24, 2.45) is 14.1 Å². The predicted octanol–water partition coefficient (Wildman–Crippen LogP) is 1.21. The van der Waals surface area contributed by atoms with Gasteiger partial charge < -0.3 is 9.64 Å². The van der Waals surface area contributed by atoms with E-state index in [2.05, 4.69) is 9.88 Å². The van der Waals surface area contributed by atoms with Crippen LogP contribution in [0.4, 0.5) is 11.5 Å². The lowest BCUT2D eigenvalue weighted by molar-refractivity contribution is -0.384. The molecule has 0 radical (unpaired) electrons. The Labute approximate surface area is 212 Å². The molecule has 3 aromatic rings. The molecule has 0 atom stereocenters. The Balaban J connectivity index is 1.34. The van der Waals surface area contributed by atoms with Crippen molar-refractivity contribution in [1.29, 1.82) is 0 Å². The van der Waals surface area contributed by atoms with Gasteiger partial charge in [0.1, 0.15) is 11.6 Å². The molecule has 0 spiro atoms. The summed E-state index contributed by atoms with van der Waals surface area (Å²) in [5.41, 5.74) is -0.363. The van der Waals surface area contributed by atoms with E-state index in [9.17, 15) is 24.5 Å². The van der Waals surface area contributed by atoms with Gasteiger partial charge in [-0.25, -0.2) is 4.79 Å². The molecule has 1 aliphatic heterocycles. The fraction of sp³-hybridized carbons (Fsp3) is 0.360. The first-order chi connectivity index (χ1) is 17.8. The lowest BCUT2D eigenvalue weighted by Crippen LogP contribution is -2.49. The van der Waals surface area contributed by atoms with Crippen molar-refractivity contribution in [3.63, 3.8) is 0 Å². The molecule has 1 aromatic carbocycles. The van der Waals surface area contributed by atoms with E-state index in [1.807, 2.05) is 4.90 Å². The number of nitrogens with zero attached hydrogens (tertiary/aromatic N) is 6. The van der Waals surface area contributed by atoms with E-state index in [0.29, 0.717) is 43.2 Å². The van der Waals surface area contributed by atoms with Crippen molar-refractivity contribution in [2.75, 3.05) is 44.2 Å². The minimum atomic E-state index is -0.544. The molecule has 0 unspecified atom stereocenters. The number of hydrogen-bond donors (Lipinski definition) is 0. The lowest BCUT2D eigenvalue weighted by atomic mass is 10.0. The van der Waals surface area contributed by atoms with Gasteiger partial charge in [-0.05, 0) is 24.6 Å². The number of ether oxygens (including phenoxy) is 1. The zero-order valence-corrected chi connectivity index (χ0v) is 20.7. The topological polar surface area (TPSA) is 133 Å². The highest BCUT2D eigenvalue weighted by Crippen LogP contribution is 2.27. The Morgan fingerprint density at radius 1 is 1.03 bits per heavy atom. The van der Waals surface area contributed by atoms with Gasteiger partial charge in [0.2, 0.25) is 0 Å². The van der Waals surface area contributed by atoms with E-state index < -0.39 is 4.92 Å². The summed E-state index contributed by atoms with van der Waals surface area (Å²) < 4.78 is 8.45. The second-order valence-electron chi connectivity index (χ2n) is 8.77. The van der Waals surface area contributed by atoms with Crippen LogP contribution in [0.3, 0.4) is 0 Å². The minimum absolute atomic E-state index is 0.133. The fourth-order valence-corrected chi connectivity index (χ4v) is 4.29. The molecular formula is C25H28N6O6. The zero-order valence-electron chi connectivity index (χ0n) is 20.7. The number of benzene rings is 1. The Kier molecular flexibility index (Phi) is 7.77. The first kappa shape index (κ1) is 25.8. The first-order valence-electron chi connectivity index (χ1n) is 11.9. The van der Waals surface area contributed by atoms with Gasteiger partial charge in [0.15, 0.2) is 5.78 Å². The van der Waals surface area contributed by atoms with Crippen LogP contribution in [-0.4, -0.2) is 69.1 Å². The average molecular weight is 509 g/mol. The molecule has 0 amide bonds. The van der Waals surface area contributed by atoms with Crippen LogP contribution >= 0.6 is 0 Å². The van der Waals surface area contributed by atoms with Crippen molar-refractivity contribution in [3.05, 3.63) is 90.9 Å². The number of non-ortho nitro benzene ring substituents is 1. The molecule has 1 saturated heterocycles. The van der Waals surface area contributed by atoms with Crippen molar-refractivity contribution in [1.82, 2.24) is 19.0 Å². The van der Waals surface area contributed by atoms with Gasteiger partial charge in [0.05, 0.1) is 17.1 Å². The maximum absolute atomic E-state index is 13.0. The summed E-state index contributed by atoms with van der Waals surface area (Å²) in [6.07, 6.45) is 3.66. The Bertz CT molecular complexity index is 1410. The van der Waals surface area contributed by atoms with Crippen LogP contribution in [0.5, 0.6) is 5.75 Å². The Morgan fingerprint density at radius 2 is 1.73 bits per heavy atom. The van der Waals surface area contributed by atoms with Crippen LogP contribution in [0.1, 0.15) is 22.3 Å². The van der Waals surface area contributed by atoms with Crippen LogP contribution in [0.25, 0.3) is 0 Å². The minimum Gasteiger partial charge on any atom is -0.493 e. The van der Waals surface area contributed by atoms with Crippen molar-refractivity contribution in [2.45, 2.75) is 6.42 Å². The molecule has 2 aromatic heterocycles. The maximum atomic E-state index is 13.0. The van der Waals surface area contributed by atoms with E-state index in [-0.39, 0.29) is 28.3 Å². The third-order valence-electron chi connectivity index (χ3n) is 6.43. The molecule has 0 aliphatic carbocycles. The fourth-order valence-electron chi connectivity index (χ4n) is 4.29. The van der Waals surface area contributed by atoms with Crippen LogP contribution in [0, 0.1) is 10.1 Å². The average Bonchev–Trinajstić information content (AvgIpc) is 2.92. The summed E-state index contributed by atoms with van der Waals surface area (Å²) in [6.45, 7) is 3.95. The molecule has 1 fully saturated rings. The van der Waals surface area contributed by atoms with Gasteiger partial charge in [-0.2, -0.15) is 0 Å². The molecule has 194 valence electrons. The molecule has 0 saturated carbocycles. The normalized spacial score (nSPS) is 13.9. The lowest BCUT2D eigenvalue weighted by Gasteiger charge is -2.36. The molecule has 0 bridgehead atoms. The van der Waals surface area contributed by atoms with Gasteiger partial charge in [-0.15, -0.1) is 0 Å². The summed E-state index contributed by atoms with van der Waals surface area (Å²) in [7, 11) is 3.12. The number of hydrogen-bond acceptors (Lipinski definition) is 9. The van der Waals surface area contributed by atoms with E-state index in [1.165, 1.54) is 48.3 Å². The predicted molar refractivity (Wildman–Crippen MR) is 136 cm³/mol. The molecule has 4 rings (SSSR count). The second-order valence-corrected chi connectivity index (χ2v) is 8.77. The number of pyridine rings is 1. The molecule has 0 N–H and O–H groups in total. The number of carbonyl (C=O) groups is 1. The number of piperazine rings is 1. The zero-order chi connectivity index (χ0) is 26.5. The second kappa shape index (κ2) is 11.2. The number of carbonyl (C=O) groups excluding carboxylic acids is 1. The third kappa shape index (κ3) is 5.75. The van der Waals surface area contributed by atoms with Crippen LogP contribution in [0.15, 0.2) is 58.4 Å². The smallest absolute Gasteiger partial charge is 0.332 e. The summed E-state index contributed by atoms with van der Waals surface area (Å²) in [6, 6.07) is 8.61. The summed E-state index contributed by atoms with van der Waals surface area (Å²) >= 11 is 0. The maximum Gasteiger partial charge on any atom is 0.332 e. The number of anilines is 1. The van der Waals surface area contributed by atoms with Crippen LogP contribution < -0.4 is 20.9 Å². The molecule has 12 nitrogen and oxygen atoms in total. The Hall–Kier alpha value is -4.32. The number of nitro groups is 1. The first-order valence-corrected chi connectivity index (χ1v) is 11.9. The van der Waals surface area contributed by atoms with Gasteiger partial charge >= 0.3 is 5.69 Å². The van der Waals surface area contributed by atoms with E-state index in [0.717, 1.165) is 24.2 Å². The van der Waals surface area contributed by atoms with E-state index >= 15 is 0 Å². The van der Waals surface area contributed by atoms with Gasteiger partial charge in [0.25, 0.3) is 11.2 Å². The molecule has 3 heterocycles.